The smallest absolute Gasteiger partial charge is 0.0560 e. The standard InChI is InChI=1S/C80H66N4/c1-5-23-67(24-6-1)81(73-51-39-61(40-52-73)63-43-55-75(56-44-63)83(69-27-9-3-10-28-69)79-33-17-21-65-19-13-15-31-77(65)79)71-47-35-59(36-48-71)60-37-49-72(50-38-60)82(68-25-7-2-8-26-68)74-53-41-62(42-54-74)64-45-57-76(58-46-64)84(70-29-11-4-12-30-70)80-34-18-22-66-20-14-16-32-78(66)80/h1-37,39-49,51,53,55-58,66,73-74,78H,38,50,52,54H2. The second kappa shape index (κ2) is 23.7. The average Bonchev–Trinajstić information content (AvgIpc) is 3.39. The van der Waals surface area contributed by atoms with Gasteiger partial charge in [0.05, 0.1) is 17.8 Å². The molecular weight excluding hydrogens is 1020 g/mol. The molecule has 0 aromatic heterocycles. The van der Waals surface area contributed by atoms with Gasteiger partial charge in [0.15, 0.2) is 0 Å². The van der Waals surface area contributed by atoms with Gasteiger partial charge in [0.1, 0.15) is 0 Å². The van der Waals surface area contributed by atoms with Crippen LogP contribution in [0.4, 0.5) is 45.5 Å². The van der Waals surface area contributed by atoms with E-state index in [1.54, 1.807) is 0 Å². The van der Waals surface area contributed by atoms with Crippen molar-refractivity contribution in [1.82, 2.24) is 0 Å². The molecule has 9 aromatic carbocycles. The lowest BCUT2D eigenvalue weighted by molar-refractivity contribution is 0.612. The summed E-state index contributed by atoms with van der Waals surface area (Å²) in [5.74, 6) is 0.646. The molecule has 0 N–H and O–H groups in total. The largest absolute Gasteiger partial charge is 0.338 e. The quantitative estimate of drug-likeness (QED) is 0.101. The van der Waals surface area contributed by atoms with E-state index in [1.165, 1.54) is 78.3 Å². The maximum absolute atomic E-state index is 2.56. The Kier molecular flexibility index (Phi) is 14.7. The van der Waals surface area contributed by atoms with E-state index < -0.39 is 0 Å². The van der Waals surface area contributed by atoms with Crippen LogP contribution >= 0.6 is 0 Å². The molecule has 0 radical (unpaired) electrons. The van der Waals surface area contributed by atoms with Crippen molar-refractivity contribution < 1.29 is 0 Å². The van der Waals surface area contributed by atoms with Crippen molar-refractivity contribution in [3.05, 3.63) is 356 Å². The van der Waals surface area contributed by atoms with E-state index in [0.717, 1.165) is 48.4 Å². The molecule has 0 amide bonds. The van der Waals surface area contributed by atoms with Gasteiger partial charge in [-0.2, -0.15) is 0 Å². The Morgan fingerprint density at radius 2 is 0.810 bits per heavy atom. The molecule has 14 rings (SSSR count). The van der Waals surface area contributed by atoms with Gasteiger partial charge in [0, 0.05) is 68.4 Å². The fraction of sp³-hybridized carbons (Fsp3) is 0.100. The first-order chi connectivity index (χ1) is 41.7. The zero-order chi connectivity index (χ0) is 56.0. The van der Waals surface area contributed by atoms with Crippen LogP contribution in [0.5, 0.6) is 0 Å². The number of rotatable bonds is 15. The summed E-state index contributed by atoms with van der Waals surface area (Å²) >= 11 is 0. The normalized spacial score (nSPS) is 18.6. The highest BCUT2D eigenvalue weighted by atomic mass is 15.2. The molecule has 5 aliphatic carbocycles. The number of nitrogens with zero attached hydrogens (tertiary/aromatic N) is 4. The molecule has 0 heterocycles. The molecule has 0 spiro atoms. The first-order valence-corrected chi connectivity index (χ1v) is 29.7. The minimum absolute atomic E-state index is 0.156. The van der Waals surface area contributed by atoms with Crippen LogP contribution in [0.2, 0.25) is 0 Å². The number of fused-ring (bicyclic) bond motifs is 2. The summed E-state index contributed by atoms with van der Waals surface area (Å²) in [5.41, 5.74) is 19.6. The van der Waals surface area contributed by atoms with Crippen LogP contribution in [0, 0.1) is 11.8 Å². The monoisotopic (exact) mass is 1080 g/mol. The van der Waals surface area contributed by atoms with Crippen molar-refractivity contribution in [3.63, 3.8) is 0 Å². The Labute approximate surface area is 495 Å². The van der Waals surface area contributed by atoms with E-state index in [0.29, 0.717) is 5.92 Å². The second-order valence-electron chi connectivity index (χ2n) is 22.2. The van der Waals surface area contributed by atoms with Crippen molar-refractivity contribution in [1.29, 1.82) is 0 Å². The molecule has 84 heavy (non-hydrogen) atoms. The summed E-state index contributed by atoms with van der Waals surface area (Å²) in [5, 5.41) is 2.45. The first-order valence-electron chi connectivity index (χ1n) is 29.7. The van der Waals surface area contributed by atoms with Crippen LogP contribution in [-0.4, -0.2) is 12.1 Å². The predicted molar refractivity (Wildman–Crippen MR) is 356 cm³/mol. The fourth-order valence-corrected chi connectivity index (χ4v) is 13.0. The molecular formula is C80H66N4. The van der Waals surface area contributed by atoms with Gasteiger partial charge >= 0.3 is 0 Å². The van der Waals surface area contributed by atoms with Gasteiger partial charge in [-0.15, -0.1) is 0 Å². The van der Waals surface area contributed by atoms with Crippen LogP contribution in [0.3, 0.4) is 0 Å². The maximum Gasteiger partial charge on any atom is 0.0560 e. The van der Waals surface area contributed by atoms with Crippen molar-refractivity contribution in [3.8, 4) is 0 Å². The van der Waals surface area contributed by atoms with Crippen LogP contribution < -0.4 is 19.6 Å². The van der Waals surface area contributed by atoms with Crippen LogP contribution in [0.15, 0.2) is 339 Å². The van der Waals surface area contributed by atoms with Gasteiger partial charge in [-0.05, 0) is 168 Å². The predicted octanol–water partition coefficient (Wildman–Crippen LogP) is 20.8. The minimum atomic E-state index is 0.156. The fourth-order valence-electron chi connectivity index (χ4n) is 13.0. The zero-order valence-corrected chi connectivity index (χ0v) is 47.1. The van der Waals surface area contributed by atoms with E-state index in [1.807, 2.05) is 0 Å². The van der Waals surface area contributed by atoms with Crippen LogP contribution in [0.25, 0.3) is 27.5 Å². The van der Waals surface area contributed by atoms with Crippen molar-refractivity contribution in [2.75, 3.05) is 19.6 Å². The van der Waals surface area contributed by atoms with Crippen molar-refractivity contribution in [2.24, 2.45) is 11.8 Å². The molecule has 4 unspecified atom stereocenters. The van der Waals surface area contributed by atoms with E-state index >= 15 is 0 Å². The number of allylic oxidation sites excluding steroid dienone is 15. The molecule has 4 atom stereocenters. The molecule has 0 fully saturated rings. The van der Waals surface area contributed by atoms with Crippen LogP contribution in [-0.2, 0) is 0 Å². The highest BCUT2D eigenvalue weighted by molar-refractivity contribution is 5.99. The van der Waals surface area contributed by atoms with E-state index in [4.69, 9.17) is 0 Å². The third-order valence-electron chi connectivity index (χ3n) is 17.2. The van der Waals surface area contributed by atoms with Crippen molar-refractivity contribution in [2.45, 2.75) is 37.8 Å². The van der Waals surface area contributed by atoms with E-state index in [2.05, 4.69) is 347 Å². The number of hydrogen-bond acceptors (Lipinski definition) is 4. The summed E-state index contributed by atoms with van der Waals surface area (Å²) in [6.45, 7) is 0. The number of anilines is 8. The molecule has 4 heteroatoms. The first kappa shape index (κ1) is 52.0. The molecule has 0 aliphatic heterocycles. The van der Waals surface area contributed by atoms with Gasteiger partial charge in [-0.25, -0.2) is 0 Å². The highest BCUT2D eigenvalue weighted by Gasteiger charge is 2.30. The second-order valence-corrected chi connectivity index (χ2v) is 22.2. The Hall–Kier alpha value is -10.2. The maximum atomic E-state index is 2.56. The summed E-state index contributed by atoms with van der Waals surface area (Å²) in [6.07, 6.45) is 38.5. The molecule has 5 aliphatic rings. The molecule has 0 bridgehead atoms. The SMILES string of the molecule is C1=CC2C=CC=C(N(c3ccccc3)c3ccc(C4=CCC(N(C5=CC=C(c6ccc(N(c7ccccc7)C7C=CC(c8ccc(N(c9ccccc9)c9cccc%10ccccc9%10)cc8)=CC7)cc6)CC5)c5ccccc5)C=C4)cc3)C2C=C1. The summed E-state index contributed by atoms with van der Waals surface area (Å²) in [4.78, 5) is 9.85. The van der Waals surface area contributed by atoms with E-state index in [-0.39, 0.29) is 18.0 Å². The lowest BCUT2D eigenvalue weighted by atomic mass is 9.82. The zero-order valence-electron chi connectivity index (χ0n) is 47.1. The number of hydrogen-bond donors (Lipinski definition) is 0. The molecule has 9 aromatic rings. The lowest BCUT2D eigenvalue weighted by Gasteiger charge is -2.36. The van der Waals surface area contributed by atoms with Gasteiger partial charge in [-0.1, -0.05) is 225 Å². The Morgan fingerprint density at radius 3 is 1.40 bits per heavy atom. The lowest BCUT2D eigenvalue weighted by Crippen LogP contribution is -2.34. The average molecular weight is 1080 g/mol. The summed E-state index contributed by atoms with van der Waals surface area (Å²) < 4.78 is 0. The van der Waals surface area contributed by atoms with Gasteiger partial charge < -0.3 is 19.6 Å². The topological polar surface area (TPSA) is 13.0 Å². The summed E-state index contributed by atoms with van der Waals surface area (Å²) in [7, 11) is 0. The van der Waals surface area contributed by atoms with E-state index in [9.17, 15) is 0 Å². The minimum Gasteiger partial charge on any atom is -0.338 e. The van der Waals surface area contributed by atoms with Crippen molar-refractivity contribution >= 4 is 73.0 Å². The molecule has 0 saturated carbocycles. The molecule has 406 valence electrons. The molecule has 4 nitrogen and oxygen atoms in total. The van der Waals surface area contributed by atoms with Gasteiger partial charge in [-0.3, -0.25) is 0 Å². The summed E-state index contributed by atoms with van der Waals surface area (Å²) in [6, 6.07) is 86.3. The Bertz CT molecular complexity index is 4120. The number of benzene rings is 9. The van der Waals surface area contributed by atoms with Gasteiger partial charge in [0.2, 0.25) is 0 Å². The third-order valence-corrected chi connectivity index (χ3v) is 17.2. The highest BCUT2D eigenvalue weighted by Crippen LogP contribution is 2.44. The van der Waals surface area contributed by atoms with Gasteiger partial charge in [0.25, 0.3) is 0 Å². The Balaban J connectivity index is 0.669. The number of para-hydroxylation sites is 4. The third kappa shape index (κ3) is 10.7. The molecule has 0 saturated heterocycles. The van der Waals surface area contributed by atoms with Crippen LogP contribution in [0.1, 0.15) is 42.4 Å². The Morgan fingerprint density at radius 1 is 0.333 bits per heavy atom.